The SMILES string of the molecule is Cc1nc(NC(=S)Nc2ccc(Cl)c(Cl)c2)c(C)c(C)c1C. The van der Waals surface area contributed by atoms with Crippen LogP contribution in [0.1, 0.15) is 22.4 Å². The van der Waals surface area contributed by atoms with Crippen molar-refractivity contribution >= 4 is 52.0 Å². The van der Waals surface area contributed by atoms with Crippen molar-refractivity contribution in [1.29, 1.82) is 0 Å². The molecule has 0 radical (unpaired) electrons. The number of benzene rings is 1. The van der Waals surface area contributed by atoms with Crippen molar-refractivity contribution in [2.75, 3.05) is 10.6 Å². The lowest BCUT2D eigenvalue weighted by molar-refractivity contribution is 1.09. The number of nitrogens with zero attached hydrogens (tertiary/aromatic N) is 1. The molecule has 0 aliphatic carbocycles. The Balaban J connectivity index is 2.17. The molecule has 0 fully saturated rings. The van der Waals surface area contributed by atoms with Gasteiger partial charge in [0.2, 0.25) is 0 Å². The van der Waals surface area contributed by atoms with Crippen LogP contribution in [0.5, 0.6) is 0 Å². The fourth-order valence-electron chi connectivity index (χ4n) is 2.03. The second kappa shape index (κ2) is 6.82. The standard InChI is InChI=1S/C16H17Cl2N3S/c1-8-9(2)11(4)19-15(10(8)3)21-16(22)20-12-5-6-13(17)14(18)7-12/h5-7H,1-4H3,(H2,19,20,21,22). The zero-order valence-electron chi connectivity index (χ0n) is 12.8. The van der Waals surface area contributed by atoms with Crippen molar-refractivity contribution in [2.24, 2.45) is 0 Å². The molecule has 2 N–H and O–H groups in total. The largest absolute Gasteiger partial charge is 0.332 e. The molecule has 0 bridgehead atoms. The fraction of sp³-hybridized carbons (Fsp3) is 0.250. The minimum Gasteiger partial charge on any atom is -0.332 e. The van der Waals surface area contributed by atoms with Crippen LogP contribution in [0.4, 0.5) is 11.5 Å². The maximum absolute atomic E-state index is 5.99. The van der Waals surface area contributed by atoms with Crippen molar-refractivity contribution in [3.8, 4) is 0 Å². The van der Waals surface area contributed by atoms with Gasteiger partial charge in [0, 0.05) is 11.4 Å². The number of halogens is 2. The Bertz CT molecular complexity index is 745. The van der Waals surface area contributed by atoms with Crippen LogP contribution in [0, 0.1) is 27.7 Å². The van der Waals surface area contributed by atoms with Gasteiger partial charge in [-0.1, -0.05) is 23.2 Å². The molecule has 1 aromatic heterocycles. The predicted octanol–water partition coefficient (Wildman–Crippen LogP) is 5.43. The number of rotatable bonds is 2. The molecule has 0 aliphatic rings. The van der Waals surface area contributed by atoms with Crippen molar-refractivity contribution < 1.29 is 0 Å². The molecule has 0 spiro atoms. The van der Waals surface area contributed by atoms with Crippen LogP contribution < -0.4 is 10.6 Å². The van der Waals surface area contributed by atoms with E-state index in [1.54, 1.807) is 12.1 Å². The minimum absolute atomic E-state index is 0.455. The van der Waals surface area contributed by atoms with Crippen LogP contribution in [0.3, 0.4) is 0 Å². The lowest BCUT2D eigenvalue weighted by Gasteiger charge is -2.16. The summed E-state index contributed by atoms with van der Waals surface area (Å²) < 4.78 is 0. The summed E-state index contributed by atoms with van der Waals surface area (Å²) in [5.41, 5.74) is 5.26. The summed E-state index contributed by atoms with van der Waals surface area (Å²) >= 11 is 17.2. The minimum atomic E-state index is 0.455. The van der Waals surface area contributed by atoms with E-state index in [1.165, 1.54) is 11.1 Å². The van der Waals surface area contributed by atoms with Crippen LogP contribution in [0.15, 0.2) is 18.2 Å². The fourth-order valence-corrected chi connectivity index (χ4v) is 2.54. The maximum atomic E-state index is 5.99. The number of nitrogens with one attached hydrogen (secondary N) is 2. The molecule has 0 aliphatic heterocycles. The van der Waals surface area contributed by atoms with Gasteiger partial charge in [-0.25, -0.2) is 4.98 Å². The average molecular weight is 354 g/mol. The van der Waals surface area contributed by atoms with Gasteiger partial charge < -0.3 is 10.6 Å². The Kier molecular flexibility index (Phi) is 5.27. The highest BCUT2D eigenvalue weighted by Crippen LogP contribution is 2.25. The van der Waals surface area contributed by atoms with E-state index < -0.39 is 0 Å². The van der Waals surface area contributed by atoms with Gasteiger partial charge in [0.1, 0.15) is 5.82 Å². The van der Waals surface area contributed by atoms with Gasteiger partial charge in [-0.2, -0.15) is 0 Å². The average Bonchev–Trinajstić information content (AvgIpc) is 2.46. The molecule has 2 aromatic rings. The molecular weight excluding hydrogens is 337 g/mol. The monoisotopic (exact) mass is 353 g/mol. The molecule has 0 atom stereocenters. The maximum Gasteiger partial charge on any atom is 0.176 e. The van der Waals surface area contributed by atoms with Gasteiger partial charge in [0.05, 0.1) is 10.0 Å². The third kappa shape index (κ3) is 3.69. The molecule has 2 rings (SSSR count). The number of aryl methyl sites for hydroxylation is 1. The second-order valence-electron chi connectivity index (χ2n) is 5.13. The van der Waals surface area contributed by atoms with E-state index in [0.717, 1.165) is 22.8 Å². The summed E-state index contributed by atoms with van der Waals surface area (Å²) in [7, 11) is 0. The molecule has 0 saturated carbocycles. The van der Waals surface area contributed by atoms with Crippen LogP contribution in [0.2, 0.25) is 10.0 Å². The van der Waals surface area contributed by atoms with Crippen LogP contribution >= 0.6 is 35.4 Å². The summed E-state index contributed by atoms with van der Waals surface area (Å²) in [6.07, 6.45) is 0. The van der Waals surface area contributed by atoms with E-state index in [0.29, 0.717) is 15.2 Å². The molecule has 0 unspecified atom stereocenters. The molecule has 0 amide bonds. The Morgan fingerprint density at radius 3 is 2.27 bits per heavy atom. The third-order valence-electron chi connectivity index (χ3n) is 3.71. The predicted molar refractivity (Wildman–Crippen MR) is 99.5 cm³/mol. The number of pyridine rings is 1. The van der Waals surface area contributed by atoms with Crippen molar-refractivity contribution in [3.63, 3.8) is 0 Å². The van der Waals surface area contributed by atoms with E-state index in [4.69, 9.17) is 35.4 Å². The highest BCUT2D eigenvalue weighted by Gasteiger charge is 2.10. The lowest BCUT2D eigenvalue weighted by atomic mass is 10.0. The second-order valence-corrected chi connectivity index (χ2v) is 6.35. The van der Waals surface area contributed by atoms with Gasteiger partial charge in [-0.3, -0.25) is 0 Å². The number of thiocarbonyl (C=S) groups is 1. The summed E-state index contributed by atoms with van der Waals surface area (Å²) in [5, 5.41) is 7.65. The summed E-state index contributed by atoms with van der Waals surface area (Å²) in [4.78, 5) is 4.56. The van der Waals surface area contributed by atoms with Gasteiger partial charge >= 0.3 is 0 Å². The van der Waals surface area contributed by atoms with Crippen molar-refractivity contribution in [3.05, 3.63) is 50.6 Å². The van der Waals surface area contributed by atoms with Gasteiger partial charge in [-0.05, 0) is 74.8 Å². The first kappa shape index (κ1) is 17.0. The smallest absolute Gasteiger partial charge is 0.176 e. The van der Waals surface area contributed by atoms with Crippen LogP contribution in [0.25, 0.3) is 0 Å². The number of hydrogen-bond acceptors (Lipinski definition) is 2. The Morgan fingerprint density at radius 2 is 1.64 bits per heavy atom. The first-order chi connectivity index (χ1) is 10.3. The number of anilines is 2. The third-order valence-corrected chi connectivity index (χ3v) is 4.65. The van der Waals surface area contributed by atoms with E-state index in [2.05, 4.69) is 29.5 Å². The summed E-state index contributed by atoms with van der Waals surface area (Å²) in [5.74, 6) is 0.762. The van der Waals surface area contributed by atoms with Crippen LogP contribution in [-0.4, -0.2) is 10.1 Å². The van der Waals surface area contributed by atoms with Gasteiger partial charge in [-0.15, -0.1) is 0 Å². The first-order valence-corrected chi connectivity index (χ1v) is 7.93. The summed E-state index contributed by atoms with van der Waals surface area (Å²) in [6.45, 7) is 8.17. The van der Waals surface area contributed by atoms with Gasteiger partial charge in [0.15, 0.2) is 5.11 Å². The molecule has 116 valence electrons. The molecule has 0 saturated heterocycles. The molecule has 1 heterocycles. The van der Waals surface area contributed by atoms with Crippen molar-refractivity contribution in [1.82, 2.24) is 4.98 Å². The zero-order chi connectivity index (χ0) is 16.4. The van der Waals surface area contributed by atoms with E-state index in [1.807, 2.05) is 19.9 Å². The molecule has 3 nitrogen and oxygen atoms in total. The van der Waals surface area contributed by atoms with E-state index >= 15 is 0 Å². The highest BCUT2D eigenvalue weighted by atomic mass is 35.5. The Morgan fingerprint density at radius 1 is 0.955 bits per heavy atom. The molecule has 22 heavy (non-hydrogen) atoms. The molecule has 6 heteroatoms. The Labute approximate surface area is 146 Å². The normalized spacial score (nSPS) is 10.5. The summed E-state index contributed by atoms with van der Waals surface area (Å²) in [6, 6.07) is 5.26. The van der Waals surface area contributed by atoms with Crippen molar-refractivity contribution in [2.45, 2.75) is 27.7 Å². The topological polar surface area (TPSA) is 37.0 Å². The first-order valence-electron chi connectivity index (χ1n) is 6.77. The quantitative estimate of drug-likeness (QED) is 0.705. The van der Waals surface area contributed by atoms with Gasteiger partial charge in [0.25, 0.3) is 0 Å². The number of hydrogen-bond donors (Lipinski definition) is 2. The van der Waals surface area contributed by atoms with Crippen LogP contribution in [-0.2, 0) is 0 Å². The molecular formula is C16H17Cl2N3S. The molecule has 1 aromatic carbocycles. The zero-order valence-corrected chi connectivity index (χ0v) is 15.2. The van der Waals surface area contributed by atoms with E-state index in [9.17, 15) is 0 Å². The lowest BCUT2D eigenvalue weighted by Crippen LogP contribution is -2.21. The Hall–Kier alpha value is -1.36. The highest BCUT2D eigenvalue weighted by molar-refractivity contribution is 7.80. The number of aromatic nitrogens is 1. The van der Waals surface area contributed by atoms with E-state index in [-0.39, 0.29) is 0 Å².